The summed E-state index contributed by atoms with van der Waals surface area (Å²) in [6.07, 6.45) is 3.84. The molecule has 2 aliphatic rings. The molecule has 0 saturated heterocycles. The van der Waals surface area contributed by atoms with Crippen molar-refractivity contribution in [1.29, 1.82) is 0 Å². The monoisotopic (exact) mass is 295 g/mol. The number of nitrogens with zero attached hydrogens (tertiary/aromatic N) is 2. The Kier molecular flexibility index (Phi) is 1.98. The van der Waals surface area contributed by atoms with Gasteiger partial charge in [-0.05, 0) is 18.2 Å². The fourth-order valence-electron chi connectivity index (χ4n) is 3.21. The van der Waals surface area contributed by atoms with Crippen molar-refractivity contribution >= 4 is 12.8 Å². The van der Waals surface area contributed by atoms with Crippen LogP contribution in [0.2, 0.25) is 0 Å². The lowest BCUT2D eigenvalue weighted by Gasteiger charge is -2.22. The van der Waals surface area contributed by atoms with E-state index in [2.05, 4.69) is 10.6 Å². The van der Waals surface area contributed by atoms with Gasteiger partial charge in [-0.1, -0.05) is 30.3 Å². The average molecular weight is 295 g/mol. The van der Waals surface area contributed by atoms with Crippen LogP contribution in [0.25, 0.3) is 11.4 Å². The number of benzene rings is 2. The topological polar surface area (TPSA) is 35.1 Å². The van der Waals surface area contributed by atoms with Crippen LogP contribution >= 0.6 is 7.52 Å². The van der Waals surface area contributed by atoms with Crippen molar-refractivity contribution < 1.29 is 13.7 Å². The van der Waals surface area contributed by atoms with Gasteiger partial charge in [0.25, 0.3) is 0 Å². The zero-order chi connectivity index (χ0) is 14.0. The summed E-state index contributed by atoms with van der Waals surface area (Å²) >= 11 is 0. The van der Waals surface area contributed by atoms with Gasteiger partial charge < -0.3 is 4.52 Å². The molecule has 0 amide bonds. The molecular weight excluding hydrogens is 283 g/mol. The van der Waals surface area contributed by atoms with Gasteiger partial charge >= 0.3 is 13.3 Å². The Bertz CT molecular complexity index is 931. The van der Waals surface area contributed by atoms with Crippen LogP contribution in [0.15, 0.2) is 60.9 Å². The summed E-state index contributed by atoms with van der Waals surface area (Å²) < 4.78 is 23.5. The molecule has 0 N–H and O–H groups in total. The normalized spacial score (nSPS) is 21.0. The van der Waals surface area contributed by atoms with E-state index in [0.29, 0.717) is 5.30 Å². The van der Waals surface area contributed by atoms with Crippen molar-refractivity contribution in [2.24, 2.45) is 0 Å². The zero-order valence-electron chi connectivity index (χ0n) is 11.1. The largest absolute Gasteiger partial charge is 0.462 e. The Hall–Kier alpha value is -2.32. The maximum absolute atomic E-state index is 13.6. The predicted molar refractivity (Wildman–Crippen MR) is 78.9 cm³/mol. The maximum atomic E-state index is 13.6. The van der Waals surface area contributed by atoms with Crippen LogP contribution in [0.1, 0.15) is 5.56 Å². The second-order valence-electron chi connectivity index (χ2n) is 5.33. The van der Waals surface area contributed by atoms with E-state index in [4.69, 9.17) is 4.52 Å². The molecule has 2 aromatic carbocycles. The van der Waals surface area contributed by atoms with E-state index in [-0.39, 0.29) is 0 Å². The quantitative estimate of drug-likeness (QED) is 0.399. The molecule has 1 unspecified atom stereocenters. The Labute approximate surface area is 121 Å². The fraction of sp³-hybridized carbons (Fsp3) is 0.0625. The van der Waals surface area contributed by atoms with Gasteiger partial charge in [-0.15, -0.1) is 4.34 Å². The zero-order valence-corrected chi connectivity index (χ0v) is 12.0. The van der Waals surface area contributed by atoms with E-state index in [1.54, 1.807) is 4.34 Å². The van der Waals surface area contributed by atoms with Gasteiger partial charge in [0, 0.05) is 5.56 Å². The van der Waals surface area contributed by atoms with Crippen LogP contribution in [0.3, 0.4) is 0 Å². The molecule has 0 saturated carbocycles. The van der Waals surface area contributed by atoms with Crippen LogP contribution in [0.4, 0.5) is 0 Å². The number of hydrogen-bond donors (Lipinski definition) is 0. The first-order valence-electron chi connectivity index (χ1n) is 6.86. The van der Waals surface area contributed by atoms with Crippen LogP contribution in [-0.4, -0.2) is 4.34 Å². The minimum absolute atomic E-state index is 0.715. The van der Waals surface area contributed by atoms with Gasteiger partial charge in [-0.25, -0.2) is 9.13 Å². The average Bonchev–Trinajstić information content (AvgIpc) is 3.07. The summed E-state index contributed by atoms with van der Waals surface area (Å²) in [5, 5.41) is 0.715. The number of rotatable bonds is 1. The minimum atomic E-state index is -3.14. The first kappa shape index (κ1) is 11.4. The molecule has 3 aromatic rings. The van der Waals surface area contributed by atoms with Crippen LogP contribution in [-0.2, 0) is 11.1 Å². The van der Waals surface area contributed by atoms with Crippen LogP contribution < -0.4 is 14.4 Å². The van der Waals surface area contributed by atoms with Gasteiger partial charge in [0.1, 0.15) is 30.3 Å². The first-order valence-corrected chi connectivity index (χ1v) is 8.44. The van der Waals surface area contributed by atoms with E-state index in [9.17, 15) is 4.57 Å². The molecule has 21 heavy (non-hydrogen) atoms. The highest BCUT2D eigenvalue weighted by molar-refractivity contribution is 7.66. The lowest BCUT2D eigenvalue weighted by Crippen LogP contribution is -2.31. The highest BCUT2D eigenvalue weighted by Gasteiger charge is 2.48. The van der Waals surface area contributed by atoms with Crippen LogP contribution in [0.5, 0.6) is 5.75 Å². The van der Waals surface area contributed by atoms with Gasteiger partial charge in [-0.3, -0.25) is 0 Å². The Morgan fingerprint density at radius 2 is 1.95 bits per heavy atom. The summed E-state index contributed by atoms with van der Waals surface area (Å²) in [4.78, 5) is 0. The Morgan fingerprint density at radius 1 is 1.10 bits per heavy atom. The fourth-order valence-corrected chi connectivity index (χ4v) is 5.32. The molecule has 1 aromatic heterocycles. The van der Waals surface area contributed by atoms with Gasteiger partial charge in [-0.2, -0.15) is 0 Å². The van der Waals surface area contributed by atoms with E-state index >= 15 is 0 Å². The number of aromatic nitrogens is 2. The second-order valence-corrected chi connectivity index (χ2v) is 7.50. The molecule has 0 aliphatic carbocycles. The number of imidazole rings is 1. The van der Waals surface area contributed by atoms with E-state index in [0.717, 1.165) is 23.7 Å². The maximum Gasteiger partial charge on any atom is 0.462 e. The molecule has 0 bridgehead atoms. The highest BCUT2D eigenvalue weighted by atomic mass is 31.2. The van der Waals surface area contributed by atoms with Gasteiger partial charge in [0.2, 0.25) is 0 Å². The van der Waals surface area contributed by atoms with Crippen LogP contribution in [0, 0.1) is 0 Å². The minimum Gasteiger partial charge on any atom is -0.409 e. The summed E-state index contributed by atoms with van der Waals surface area (Å²) in [5.74, 6) is 1.70. The van der Waals surface area contributed by atoms with Crippen molar-refractivity contribution in [2.75, 3.05) is 0 Å². The molecule has 2 aliphatic heterocycles. The molecule has 3 heterocycles. The standard InChI is InChI=1S/C16H12N2O2P/c19-21(13-6-2-1-3-7-13)18-10-9-17-11-12-5-4-8-14(20-21)15(12)16(17)18/h1-10H,11H2/q+1. The smallest absolute Gasteiger partial charge is 0.409 e. The van der Waals surface area contributed by atoms with Crippen molar-refractivity contribution in [1.82, 2.24) is 4.34 Å². The highest BCUT2D eigenvalue weighted by Crippen LogP contribution is 2.57. The molecule has 4 nitrogen and oxygen atoms in total. The van der Waals surface area contributed by atoms with E-state index in [1.807, 2.05) is 54.9 Å². The Morgan fingerprint density at radius 3 is 2.81 bits per heavy atom. The predicted octanol–water partition coefficient (Wildman–Crippen LogP) is 2.56. The molecule has 0 fully saturated rings. The molecular formula is C16H12N2O2P+. The summed E-state index contributed by atoms with van der Waals surface area (Å²) in [7, 11) is -3.14. The molecule has 0 radical (unpaired) electrons. The van der Waals surface area contributed by atoms with Gasteiger partial charge in [0.15, 0.2) is 0 Å². The third-order valence-corrected chi connectivity index (χ3v) is 6.43. The summed E-state index contributed by atoms with van der Waals surface area (Å²) in [5.41, 5.74) is 2.29. The SMILES string of the molecule is O=P1(c2ccccc2)Oc2cccc3c2-c2n1cc[n+]2C3. The van der Waals surface area contributed by atoms with Crippen molar-refractivity contribution in [2.45, 2.75) is 6.54 Å². The first-order chi connectivity index (χ1) is 10.3. The Balaban J connectivity index is 1.86. The van der Waals surface area contributed by atoms with Crippen molar-refractivity contribution in [3.63, 3.8) is 0 Å². The second kappa shape index (κ2) is 3.66. The molecule has 5 rings (SSSR count). The lowest BCUT2D eigenvalue weighted by atomic mass is 10.1. The van der Waals surface area contributed by atoms with Crippen molar-refractivity contribution in [3.05, 3.63) is 66.5 Å². The third kappa shape index (κ3) is 1.31. The number of hydrogen-bond acceptors (Lipinski definition) is 2. The van der Waals surface area contributed by atoms with E-state index in [1.165, 1.54) is 5.56 Å². The van der Waals surface area contributed by atoms with E-state index < -0.39 is 7.52 Å². The molecule has 5 heteroatoms. The molecule has 1 atom stereocenters. The van der Waals surface area contributed by atoms with Crippen molar-refractivity contribution in [3.8, 4) is 17.1 Å². The molecule has 0 spiro atoms. The third-order valence-electron chi connectivity index (χ3n) is 4.14. The summed E-state index contributed by atoms with van der Waals surface area (Å²) in [6, 6.07) is 15.4. The lowest BCUT2D eigenvalue weighted by molar-refractivity contribution is -0.670. The van der Waals surface area contributed by atoms with Gasteiger partial charge in [0.05, 0.1) is 5.30 Å². The summed E-state index contributed by atoms with van der Waals surface area (Å²) in [6.45, 7) is 0.809. The molecule has 102 valence electrons.